The maximum Gasteiger partial charge on any atom is 0.241 e. The van der Waals surface area contributed by atoms with Gasteiger partial charge in [-0.05, 0) is 32.6 Å². The Hall–Kier alpha value is -2.12. The molecule has 138 valence electrons. The van der Waals surface area contributed by atoms with Gasteiger partial charge in [-0.15, -0.1) is 10.2 Å². The van der Waals surface area contributed by atoms with E-state index in [0.29, 0.717) is 18.5 Å². The summed E-state index contributed by atoms with van der Waals surface area (Å²) in [5, 5.41) is 14.9. The minimum absolute atomic E-state index is 0.146. The summed E-state index contributed by atoms with van der Waals surface area (Å²) in [4.78, 5) is 18.8. The Kier molecular flexibility index (Phi) is 5.88. The number of hydrogen-bond acceptors (Lipinski definition) is 4. The second-order valence-electron chi connectivity index (χ2n) is 6.95. The van der Waals surface area contributed by atoms with Crippen LogP contribution < -0.4 is 10.6 Å². The number of carbonyl (C=O) groups is 1. The molecule has 2 heterocycles. The molecule has 0 spiro atoms. The van der Waals surface area contributed by atoms with Gasteiger partial charge in [0.15, 0.2) is 11.8 Å². The van der Waals surface area contributed by atoms with Gasteiger partial charge in [0.25, 0.3) is 0 Å². The lowest BCUT2D eigenvalue weighted by molar-refractivity contribution is -0.128. The third kappa shape index (κ3) is 4.70. The van der Waals surface area contributed by atoms with Crippen LogP contribution in [0.15, 0.2) is 4.99 Å². The summed E-state index contributed by atoms with van der Waals surface area (Å²) >= 11 is 0. The molecule has 0 radical (unpaired) electrons. The van der Waals surface area contributed by atoms with Gasteiger partial charge in [0.1, 0.15) is 12.4 Å². The van der Waals surface area contributed by atoms with Crippen molar-refractivity contribution in [3.63, 3.8) is 0 Å². The summed E-state index contributed by atoms with van der Waals surface area (Å²) in [6, 6.07) is 0.439. The molecule has 1 aliphatic carbocycles. The molecule has 2 N–H and O–H groups in total. The Morgan fingerprint density at radius 2 is 1.92 bits per heavy atom. The van der Waals surface area contributed by atoms with Crippen LogP contribution in [0.25, 0.3) is 0 Å². The van der Waals surface area contributed by atoms with E-state index in [0.717, 1.165) is 50.4 Å². The standard InChI is InChI=1S/C17H29N7O/c1-13-21-22-15(23(13)2)11-18-17(20-14-7-3-4-8-14)19-12-16(25)24-9-5-6-10-24/h14H,3-12H2,1-2H3,(H2,18,19,20). The van der Waals surface area contributed by atoms with Gasteiger partial charge < -0.3 is 20.1 Å². The normalized spacial score (nSPS) is 18.8. The molecule has 1 saturated carbocycles. The van der Waals surface area contributed by atoms with E-state index in [9.17, 15) is 4.79 Å². The van der Waals surface area contributed by atoms with E-state index in [1.54, 1.807) is 0 Å². The zero-order valence-corrected chi connectivity index (χ0v) is 15.3. The van der Waals surface area contributed by atoms with E-state index >= 15 is 0 Å². The van der Waals surface area contributed by atoms with Gasteiger partial charge in [-0.2, -0.15) is 0 Å². The zero-order valence-electron chi connectivity index (χ0n) is 15.3. The number of aromatic nitrogens is 3. The summed E-state index contributed by atoms with van der Waals surface area (Å²) < 4.78 is 1.94. The van der Waals surface area contributed by atoms with Crippen LogP contribution in [0.4, 0.5) is 0 Å². The predicted molar refractivity (Wildman–Crippen MR) is 96.1 cm³/mol. The molecule has 0 aromatic carbocycles. The molecule has 0 unspecified atom stereocenters. The van der Waals surface area contributed by atoms with Crippen LogP contribution in [0, 0.1) is 6.92 Å². The Morgan fingerprint density at radius 1 is 1.20 bits per heavy atom. The number of nitrogens with one attached hydrogen (secondary N) is 2. The van der Waals surface area contributed by atoms with Gasteiger partial charge in [-0.3, -0.25) is 4.79 Å². The fourth-order valence-corrected chi connectivity index (χ4v) is 3.39. The highest BCUT2D eigenvalue weighted by molar-refractivity contribution is 5.86. The number of aryl methyl sites for hydroxylation is 1. The smallest absolute Gasteiger partial charge is 0.241 e. The minimum atomic E-state index is 0.146. The van der Waals surface area contributed by atoms with Crippen LogP contribution in [0.1, 0.15) is 50.2 Å². The highest BCUT2D eigenvalue weighted by atomic mass is 16.2. The van der Waals surface area contributed by atoms with E-state index in [2.05, 4.69) is 25.8 Å². The minimum Gasteiger partial charge on any atom is -0.354 e. The second kappa shape index (κ2) is 8.31. The molecule has 2 aliphatic rings. The average molecular weight is 347 g/mol. The number of carbonyl (C=O) groups excluding carboxylic acids is 1. The molecular weight excluding hydrogens is 318 g/mol. The molecule has 0 bridgehead atoms. The number of hydrogen-bond donors (Lipinski definition) is 2. The van der Waals surface area contributed by atoms with Gasteiger partial charge in [0.05, 0.1) is 6.54 Å². The van der Waals surface area contributed by atoms with Crippen molar-refractivity contribution < 1.29 is 4.79 Å². The largest absolute Gasteiger partial charge is 0.354 e. The Morgan fingerprint density at radius 3 is 2.56 bits per heavy atom. The van der Waals surface area contributed by atoms with Crippen LogP contribution in [0.3, 0.4) is 0 Å². The van der Waals surface area contributed by atoms with E-state index < -0.39 is 0 Å². The Balaban J connectivity index is 1.60. The number of amides is 1. The first-order valence-electron chi connectivity index (χ1n) is 9.31. The van der Waals surface area contributed by atoms with E-state index in [-0.39, 0.29) is 12.5 Å². The Bertz CT molecular complexity index is 613. The zero-order chi connectivity index (χ0) is 17.6. The third-order valence-corrected chi connectivity index (χ3v) is 5.12. The quantitative estimate of drug-likeness (QED) is 0.605. The number of nitrogens with zero attached hydrogens (tertiary/aromatic N) is 5. The fraction of sp³-hybridized carbons (Fsp3) is 0.765. The first kappa shape index (κ1) is 17.7. The first-order chi connectivity index (χ1) is 12.1. The van der Waals surface area contributed by atoms with Gasteiger partial charge >= 0.3 is 0 Å². The number of likely N-dealkylation sites (tertiary alicyclic amines) is 1. The molecule has 1 aromatic heterocycles. The summed E-state index contributed by atoms with van der Waals surface area (Å²) in [6.07, 6.45) is 7.03. The van der Waals surface area contributed by atoms with Crippen molar-refractivity contribution in [2.24, 2.45) is 12.0 Å². The maximum atomic E-state index is 12.3. The van der Waals surface area contributed by atoms with Crippen LogP contribution in [-0.4, -0.2) is 57.2 Å². The lowest BCUT2D eigenvalue weighted by Crippen LogP contribution is -2.46. The molecule has 1 aliphatic heterocycles. The van der Waals surface area contributed by atoms with Crippen molar-refractivity contribution in [1.82, 2.24) is 30.3 Å². The average Bonchev–Trinajstić information content (AvgIpc) is 3.35. The molecule has 2 fully saturated rings. The molecule has 0 atom stereocenters. The van der Waals surface area contributed by atoms with Crippen LogP contribution in [0.2, 0.25) is 0 Å². The summed E-state index contributed by atoms with van der Waals surface area (Å²) in [6.45, 7) is 4.40. The van der Waals surface area contributed by atoms with Crippen molar-refractivity contribution in [3.05, 3.63) is 11.6 Å². The van der Waals surface area contributed by atoms with Crippen molar-refractivity contribution in [2.75, 3.05) is 19.6 Å². The molecule has 1 aromatic rings. The second-order valence-corrected chi connectivity index (χ2v) is 6.95. The van der Waals surface area contributed by atoms with E-state index in [4.69, 9.17) is 0 Å². The van der Waals surface area contributed by atoms with Gasteiger partial charge in [0, 0.05) is 26.2 Å². The maximum absolute atomic E-state index is 12.3. The highest BCUT2D eigenvalue weighted by Crippen LogP contribution is 2.17. The van der Waals surface area contributed by atoms with Crippen molar-refractivity contribution in [3.8, 4) is 0 Å². The van der Waals surface area contributed by atoms with Crippen molar-refractivity contribution in [1.29, 1.82) is 0 Å². The van der Waals surface area contributed by atoms with Crippen LogP contribution >= 0.6 is 0 Å². The molecule has 8 heteroatoms. The third-order valence-electron chi connectivity index (χ3n) is 5.12. The molecular formula is C17H29N7O. The predicted octanol–water partition coefficient (Wildman–Crippen LogP) is 0.724. The summed E-state index contributed by atoms with van der Waals surface area (Å²) in [5.74, 6) is 2.52. The van der Waals surface area contributed by atoms with Crippen LogP contribution in [-0.2, 0) is 18.4 Å². The molecule has 1 amide bonds. The van der Waals surface area contributed by atoms with E-state index in [1.165, 1.54) is 12.8 Å². The molecule has 8 nitrogen and oxygen atoms in total. The number of rotatable bonds is 5. The van der Waals surface area contributed by atoms with Gasteiger partial charge in [-0.1, -0.05) is 12.8 Å². The fourth-order valence-electron chi connectivity index (χ4n) is 3.39. The SMILES string of the molecule is Cc1nnc(CN=C(NCC(=O)N2CCCC2)NC2CCCC2)n1C. The summed E-state index contributed by atoms with van der Waals surface area (Å²) in [7, 11) is 1.94. The number of aliphatic imine (C=N–C) groups is 1. The van der Waals surface area contributed by atoms with Crippen molar-refractivity contribution in [2.45, 2.75) is 58.0 Å². The summed E-state index contributed by atoms with van der Waals surface area (Å²) in [5.41, 5.74) is 0. The van der Waals surface area contributed by atoms with Gasteiger partial charge in [0.2, 0.25) is 5.91 Å². The lowest BCUT2D eigenvalue weighted by atomic mass is 10.2. The van der Waals surface area contributed by atoms with Gasteiger partial charge in [-0.25, -0.2) is 4.99 Å². The molecule has 3 rings (SSSR count). The molecule has 25 heavy (non-hydrogen) atoms. The lowest BCUT2D eigenvalue weighted by Gasteiger charge is -2.19. The monoisotopic (exact) mass is 347 g/mol. The highest BCUT2D eigenvalue weighted by Gasteiger charge is 2.20. The Labute approximate surface area is 149 Å². The topological polar surface area (TPSA) is 87.4 Å². The van der Waals surface area contributed by atoms with Crippen molar-refractivity contribution >= 4 is 11.9 Å². The molecule has 1 saturated heterocycles. The van der Waals surface area contributed by atoms with Crippen LogP contribution in [0.5, 0.6) is 0 Å². The first-order valence-corrected chi connectivity index (χ1v) is 9.31. The van der Waals surface area contributed by atoms with E-state index in [1.807, 2.05) is 23.4 Å². The number of guanidine groups is 1.